The van der Waals surface area contributed by atoms with Gasteiger partial charge < -0.3 is 10.1 Å². The van der Waals surface area contributed by atoms with Gasteiger partial charge in [0.1, 0.15) is 11.4 Å². The summed E-state index contributed by atoms with van der Waals surface area (Å²) in [5, 5.41) is 10.8. The summed E-state index contributed by atoms with van der Waals surface area (Å²) < 4.78 is 9.67. The lowest BCUT2D eigenvalue weighted by atomic mass is 10.2. The third-order valence-corrected chi connectivity index (χ3v) is 2.17. The van der Waals surface area contributed by atoms with Crippen LogP contribution in [0.15, 0.2) is 4.63 Å². The molecule has 0 aromatic carbocycles. The smallest absolute Gasteiger partial charge is 0.121 e. The van der Waals surface area contributed by atoms with Crippen molar-refractivity contribution in [2.75, 3.05) is 13.7 Å². The Hall–Kier alpha value is -0.940. The van der Waals surface area contributed by atoms with Crippen LogP contribution in [0.1, 0.15) is 24.7 Å². The van der Waals surface area contributed by atoms with Gasteiger partial charge in [-0.05, 0) is 13.3 Å². The molecule has 0 fully saturated rings. The maximum absolute atomic E-state index is 5.07. The number of hydrogen-bond acceptors (Lipinski definition) is 5. The number of aryl methyl sites for hydroxylation is 1. The lowest BCUT2D eigenvalue weighted by Gasteiger charge is -2.14. The first-order chi connectivity index (χ1) is 6.77. The number of rotatable bonds is 6. The standard InChI is InChI=1S/C9H17N3O2/c1-4-8(6-13-3)10-5-9-7(2)11-14-12-9/h8,10H,4-6H2,1-3H3. The Bertz CT molecular complexity index is 262. The van der Waals surface area contributed by atoms with Crippen LogP contribution in [0.2, 0.25) is 0 Å². The second kappa shape index (κ2) is 5.72. The average molecular weight is 199 g/mol. The third-order valence-electron chi connectivity index (χ3n) is 2.17. The van der Waals surface area contributed by atoms with E-state index in [9.17, 15) is 0 Å². The first kappa shape index (κ1) is 11.1. The van der Waals surface area contributed by atoms with Crippen LogP contribution in [0.5, 0.6) is 0 Å². The predicted molar refractivity (Wildman–Crippen MR) is 51.8 cm³/mol. The fourth-order valence-electron chi connectivity index (χ4n) is 1.17. The lowest BCUT2D eigenvalue weighted by molar-refractivity contribution is 0.163. The van der Waals surface area contributed by atoms with Crippen LogP contribution in [0.25, 0.3) is 0 Å². The zero-order valence-corrected chi connectivity index (χ0v) is 8.91. The zero-order chi connectivity index (χ0) is 10.4. The lowest BCUT2D eigenvalue weighted by Crippen LogP contribution is -2.32. The van der Waals surface area contributed by atoms with Crippen LogP contribution in [-0.4, -0.2) is 30.1 Å². The minimum Gasteiger partial charge on any atom is -0.383 e. The maximum atomic E-state index is 5.07. The summed E-state index contributed by atoms with van der Waals surface area (Å²) in [6.45, 7) is 5.38. The molecule has 0 saturated heterocycles. The molecule has 0 spiro atoms. The van der Waals surface area contributed by atoms with Crippen LogP contribution < -0.4 is 5.32 Å². The highest BCUT2D eigenvalue weighted by Gasteiger charge is 2.08. The molecule has 1 aromatic heterocycles. The molecule has 1 unspecified atom stereocenters. The SMILES string of the molecule is CCC(COC)NCc1nonc1C. The quantitative estimate of drug-likeness (QED) is 0.737. The maximum Gasteiger partial charge on any atom is 0.121 e. The molecule has 1 rings (SSSR count). The molecule has 80 valence electrons. The monoisotopic (exact) mass is 199 g/mol. The van der Waals surface area contributed by atoms with Crippen LogP contribution in [0.3, 0.4) is 0 Å². The van der Waals surface area contributed by atoms with E-state index in [2.05, 4.69) is 27.2 Å². The zero-order valence-electron chi connectivity index (χ0n) is 8.91. The van der Waals surface area contributed by atoms with E-state index in [0.29, 0.717) is 19.2 Å². The molecular weight excluding hydrogens is 182 g/mol. The molecule has 0 saturated carbocycles. The van der Waals surface area contributed by atoms with Crippen molar-refractivity contribution in [2.24, 2.45) is 0 Å². The number of nitrogens with one attached hydrogen (secondary N) is 1. The highest BCUT2D eigenvalue weighted by molar-refractivity contribution is 5.03. The van der Waals surface area contributed by atoms with Gasteiger partial charge in [-0.15, -0.1) is 0 Å². The van der Waals surface area contributed by atoms with Crippen LogP contribution in [-0.2, 0) is 11.3 Å². The number of aromatic nitrogens is 2. The fraction of sp³-hybridized carbons (Fsp3) is 0.778. The Kier molecular flexibility index (Phi) is 4.55. The topological polar surface area (TPSA) is 60.2 Å². The second-order valence-corrected chi connectivity index (χ2v) is 3.24. The van der Waals surface area contributed by atoms with Crippen molar-refractivity contribution in [1.82, 2.24) is 15.6 Å². The predicted octanol–water partition coefficient (Wildman–Crippen LogP) is 0.893. The van der Waals surface area contributed by atoms with Crippen LogP contribution in [0.4, 0.5) is 0 Å². The minimum absolute atomic E-state index is 0.357. The van der Waals surface area contributed by atoms with E-state index < -0.39 is 0 Å². The molecule has 1 heterocycles. The summed E-state index contributed by atoms with van der Waals surface area (Å²) >= 11 is 0. The number of nitrogens with zero attached hydrogens (tertiary/aromatic N) is 2. The Morgan fingerprint density at radius 3 is 2.79 bits per heavy atom. The van der Waals surface area contributed by atoms with E-state index in [1.165, 1.54) is 0 Å². The van der Waals surface area contributed by atoms with Gasteiger partial charge >= 0.3 is 0 Å². The minimum atomic E-state index is 0.357. The van der Waals surface area contributed by atoms with Gasteiger partial charge in [0.15, 0.2) is 0 Å². The molecule has 1 aromatic rings. The van der Waals surface area contributed by atoms with Gasteiger partial charge in [-0.3, -0.25) is 0 Å². The van der Waals surface area contributed by atoms with Crippen molar-refractivity contribution in [3.63, 3.8) is 0 Å². The Morgan fingerprint density at radius 1 is 1.50 bits per heavy atom. The average Bonchev–Trinajstić information content (AvgIpc) is 2.59. The number of methoxy groups -OCH3 is 1. The Labute approximate surface area is 83.8 Å². The molecule has 5 nitrogen and oxygen atoms in total. The number of ether oxygens (including phenoxy) is 1. The molecule has 0 bridgehead atoms. The normalized spacial score (nSPS) is 13.1. The van der Waals surface area contributed by atoms with E-state index in [4.69, 9.17) is 4.74 Å². The summed E-state index contributed by atoms with van der Waals surface area (Å²) in [6, 6.07) is 0.357. The van der Waals surface area contributed by atoms with Crippen LogP contribution in [0, 0.1) is 6.92 Å². The highest BCUT2D eigenvalue weighted by Crippen LogP contribution is 2.01. The Balaban J connectivity index is 2.35. The molecule has 0 amide bonds. The van der Waals surface area contributed by atoms with Crippen LogP contribution >= 0.6 is 0 Å². The molecule has 1 N–H and O–H groups in total. The van der Waals surface area contributed by atoms with E-state index in [1.807, 2.05) is 6.92 Å². The molecule has 14 heavy (non-hydrogen) atoms. The van der Waals surface area contributed by atoms with Crippen molar-refractivity contribution in [3.8, 4) is 0 Å². The number of hydrogen-bond donors (Lipinski definition) is 1. The van der Waals surface area contributed by atoms with Crippen molar-refractivity contribution < 1.29 is 9.37 Å². The van der Waals surface area contributed by atoms with Gasteiger partial charge in [0.25, 0.3) is 0 Å². The highest BCUT2D eigenvalue weighted by atomic mass is 16.6. The van der Waals surface area contributed by atoms with E-state index >= 15 is 0 Å². The van der Waals surface area contributed by atoms with Gasteiger partial charge in [0.05, 0.1) is 6.61 Å². The molecule has 5 heteroatoms. The molecule has 0 radical (unpaired) electrons. The van der Waals surface area contributed by atoms with Crippen molar-refractivity contribution in [3.05, 3.63) is 11.4 Å². The van der Waals surface area contributed by atoms with Gasteiger partial charge in [0.2, 0.25) is 0 Å². The third kappa shape index (κ3) is 3.08. The summed E-state index contributed by atoms with van der Waals surface area (Å²) in [4.78, 5) is 0. The summed E-state index contributed by atoms with van der Waals surface area (Å²) in [5.41, 5.74) is 1.70. The van der Waals surface area contributed by atoms with Crippen molar-refractivity contribution in [2.45, 2.75) is 32.9 Å². The largest absolute Gasteiger partial charge is 0.383 e. The van der Waals surface area contributed by atoms with Crippen molar-refractivity contribution >= 4 is 0 Å². The first-order valence-corrected chi connectivity index (χ1v) is 4.78. The molecule has 0 aliphatic rings. The summed E-state index contributed by atoms with van der Waals surface area (Å²) in [6.07, 6.45) is 1.03. The molecular formula is C9H17N3O2. The summed E-state index contributed by atoms with van der Waals surface area (Å²) in [5.74, 6) is 0. The van der Waals surface area contributed by atoms with E-state index in [1.54, 1.807) is 7.11 Å². The van der Waals surface area contributed by atoms with E-state index in [-0.39, 0.29) is 0 Å². The van der Waals surface area contributed by atoms with Gasteiger partial charge in [-0.2, -0.15) is 0 Å². The molecule has 0 aliphatic carbocycles. The van der Waals surface area contributed by atoms with Gasteiger partial charge in [0, 0.05) is 19.7 Å². The molecule has 0 aliphatic heterocycles. The van der Waals surface area contributed by atoms with E-state index in [0.717, 1.165) is 17.8 Å². The van der Waals surface area contributed by atoms with Gasteiger partial charge in [-0.25, -0.2) is 4.63 Å². The molecule has 1 atom stereocenters. The fourth-order valence-corrected chi connectivity index (χ4v) is 1.17. The summed E-state index contributed by atoms with van der Waals surface area (Å²) in [7, 11) is 1.70. The second-order valence-electron chi connectivity index (χ2n) is 3.24. The first-order valence-electron chi connectivity index (χ1n) is 4.78. The Morgan fingerprint density at radius 2 is 2.29 bits per heavy atom. The van der Waals surface area contributed by atoms with Crippen molar-refractivity contribution in [1.29, 1.82) is 0 Å². The van der Waals surface area contributed by atoms with Gasteiger partial charge in [-0.1, -0.05) is 17.2 Å².